The van der Waals surface area contributed by atoms with Gasteiger partial charge in [-0.3, -0.25) is 0 Å². The van der Waals surface area contributed by atoms with Crippen LogP contribution in [0.4, 0.5) is 34.1 Å². The van der Waals surface area contributed by atoms with E-state index in [9.17, 15) is 0 Å². The molecule has 1 aliphatic carbocycles. The fourth-order valence-corrected chi connectivity index (χ4v) is 8.37. The van der Waals surface area contributed by atoms with Gasteiger partial charge in [0, 0.05) is 45.4 Å². The Morgan fingerprint density at radius 2 is 0.925 bits per heavy atom. The van der Waals surface area contributed by atoms with E-state index >= 15 is 0 Å². The maximum Gasteiger partial charge on any atom is 4.00 e. The van der Waals surface area contributed by atoms with Gasteiger partial charge in [0.25, 0.3) is 0 Å². The first-order chi connectivity index (χ1) is 25.0. The molecule has 6 aromatic rings. The summed E-state index contributed by atoms with van der Waals surface area (Å²) in [5, 5.41) is 0. The van der Waals surface area contributed by atoms with Crippen molar-refractivity contribution in [1.29, 1.82) is 0 Å². The van der Waals surface area contributed by atoms with Crippen LogP contribution in [0.3, 0.4) is 0 Å². The molecule has 0 aromatic heterocycles. The molecule has 0 amide bonds. The van der Waals surface area contributed by atoms with Crippen molar-refractivity contribution in [1.82, 2.24) is 0 Å². The molecule has 0 atom stereocenters. The zero-order valence-corrected chi connectivity index (χ0v) is 33.0. The second-order valence-electron chi connectivity index (χ2n) is 16.3. The SMILES string of the molecule is CC(C)(C)c1ccc2c(c1)-c1cc(C(C)(C)C)ccc1C21N2[CH-]N(c3[c-]c(ccc3)Oc3[c-]c(ccc3)N3[CH-]N1c1ccccc13)c1ccccc12.[Pt+4]. The molecule has 6 heteroatoms. The van der Waals surface area contributed by atoms with E-state index in [2.05, 4.69) is 184 Å². The summed E-state index contributed by atoms with van der Waals surface area (Å²) in [4.78, 5) is 9.48. The van der Waals surface area contributed by atoms with E-state index in [-0.39, 0.29) is 31.9 Å². The summed E-state index contributed by atoms with van der Waals surface area (Å²) in [7, 11) is 0. The van der Waals surface area contributed by atoms with Crippen molar-refractivity contribution >= 4 is 34.1 Å². The zero-order chi connectivity index (χ0) is 35.6. The third-order valence-electron chi connectivity index (χ3n) is 11.0. The molecule has 6 aromatic carbocycles. The van der Waals surface area contributed by atoms with Crippen molar-refractivity contribution in [3.05, 3.63) is 169 Å². The molecular formula is C47H40N4OPt. The Morgan fingerprint density at radius 1 is 0.509 bits per heavy atom. The largest absolute Gasteiger partial charge is 4.00 e. The number of hydrogen-bond acceptors (Lipinski definition) is 5. The molecule has 5 nitrogen and oxygen atoms in total. The van der Waals surface area contributed by atoms with Crippen LogP contribution in [-0.2, 0) is 37.6 Å². The summed E-state index contributed by atoms with van der Waals surface area (Å²) >= 11 is 0. The molecule has 0 saturated carbocycles. The van der Waals surface area contributed by atoms with E-state index < -0.39 is 5.66 Å². The summed E-state index contributed by atoms with van der Waals surface area (Å²) in [5.74, 6) is 1.27. The van der Waals surface area contributed by atoms with Crippen LogP contribution in [0.15, 0.2) is 121 Å². The Hall–Kier alpha value is -4.99. The third-order valence-corrected chi connectivity index (χ3v) is 11.0. The van der Waals surface area contributed by atoms with Crippen molar-refractivity contribution in [3.63, 3.8) is 0 Å². The molecule has 0 saturated heterocycles. The Kier molecular flexibility index (Phi) is 7.50. The molecule has 264 valence electrons. The van der Waals surface area contributed by atoms with Gasteiger partial charge in [-0.05, 0) is 57.3 Å². The van der Waals surface area contributed by atoms with Crippen LogP contribution in [0.25, 0.3) is 11.1 Å². The Balaban J connectivity index is 0.00000372. The van der Waals surface area contributed by atoms with Gasteiger partial charge in [0.15, 0.2) is 0 Å². The molecule has 3 aliphatic heterocycles. The molecule has 0 fully saturated rings. The minimum atomic E-state index is -0.816. The fraction of sp³-hybridized carbons (Fsp3) is 0.191. The summed E-state index contributed by atoms with van der Waals surface area (Å²) < 4.78 is 6.44. The molecule has 0 unspecified atom stereocenters. The molecule has 1 spiro atoms. The van der Waals surface area contributed by atoms with Crippen LogP contribution in [0.2, 0.25) is 0 Å². The first-order valence-corrected chi connectivity index (χ1v) is 18.1. The molecule has 0 N–H and O–H groups in total. The number of fused-ring (bicyclic) bond motifs is 23. The molecule has 3 heterocycles. The maximum absolute atomic E-state index is 6.44. The van der Waals surface area contributed by atoms with Crippen LogP contribution >= 0.6 is 0 Å². The number of rotatable bonds is 0. The fourth-order valence-electron chi connectivity index (χ4n) is 8.37. The number of benzene rings is 6. The van der Waals surface area contributed by atoms with Gasteiger partial charge in [-0.15, -0.1) is 61.1 Å². The molecule has 4 aliphatic rings. The predicted octanol–water partition coefficient (Wildman–Crippen LogP) is 11.7. The van der Waals surface area contributed by atoms with E-state index in [1.54, 1.807) is 0 Å². The van der Waals surface area contributed by atoms with Crippen molar-refractivity contribution < 1.29 is 25.8 Å². The normalized spacial score (nSPS) is 16.0. The Bertz CT molecular complexity index is 2260. The van der Waals surface area contributed by atoms with E-state index in [4.69, 9.17) is 4.74 Å². The average Bonchev–Trinajstić information content (AvgIpc) is 3.80. The second kappa shape index (κ2) is 11.8. The first-order valence-electron chi connectivity index (χ1n) is 18.1. The van der Waals surface area contributed by atoms with Gasteiger partial charge in [-0.25, -0.2) is 0 Å². The van der Waals surface area contributed by atoms with Gasteiger partial charge in [-0.2, -0.15) is 12.1 Å². The first kappa shape index (κ1) is 33.8. The van der Waals surface area contributed by atoms with Crippen molar-refractivity contribution in [2.24, 2.45) is 0 Å². The van der Waals surface area contributed by atoms with Crippen molar-refractivity contribution in [2.45, 2.75) is 58.0 Å². The van der Waals surface area contributed by atoms with Crippen LogP contribution in [0.5, 0.6) is 11.5 Å². The summed E-state index contributed by atoms with van der Waals surface area (Å²) in [6.07, 6.45) is 0. The molecule has 10 rings (SSSR count). The van der Waals surface area contributed by atoms with Gasteiger partial charge >= 0.3 is 21.1 Å². The third kappa shape index (κ3) is 4.93. The number of ether oxygens (including phenoxy) is 1. The van der Waals surface area contributed by atoms with Crippen LogP contribution in [-0.4, -0.2) is 0 Å². The van der Waals surface area contributed by atoms with E-state index in [0.29, 0.717) is 11.5 Å². The molecule has 8 bridgehead atoms. The van der Waals surface area contributed by atoms with E-state index in [0.717, 1.165) is 34.1 Å². The van der Waals surface area contributed by atoms with E-state index in [1.165, 1.54) is 33.4 Å². The molecular weight excluding hydrogens is 832 g/mol. The smallest absolute Gasteiger partial charge is 0.509 e. The van der Waals surface area contributed by atoms with Gasteiger partial charge < -0.3 is 24.3 Å². The molecule has 0 radical (unpaired) electrons. The topological polar surface area (TPSA) is 22.2 Å². The number of para-hydroxylation sites is 4. The molecule has 53 heavy (non-hydrogen) atoms. The summed E-state index contributed by atoms with van der Waals surface area (Å²) in [5.41, 5.74) is 12.9. The maximum atomic E-state index is 6.44. The van der Waals surface area contributed by atoms with Gasteiger partial charge in [0.05, 0.1) is 0 Å². The number of nitrogens with zero attached hydrogens (tertiary/aromatic N) is 4. The number of hydrogen-bond donors (Lipinski definition) is 0. The predicted molar refractivity (Wildman–Crippen MR) is 211 cm³/mol. The second-order valence-corrected chi connectivity index (χ2v) is 16.3. The standard InChI is InChI=1S/C47H40N4O.Pt/c1-45(2,3)31-21-23-39-37(25-31)38-26-32(46(4,5)6)22-24-40(38)47(39)50-29-48(41-17-7-9-19-43(41)50)33-13-11-15-35(27-33)52-36-16-12-14-34(28-36)49-30-51(47)44-20-10-8-18-42(44)49;/h7-26,29-30H,1-6H3;/q-4;+4. The van der Waals surface area contributed by atoms with Gasteiger partial charge in [-0.1, -0.05) is 102 Å². The van der Waals surface area contributed by atoms with Gasteiger partial charge in [0.1, 0.15) is 5.66 Å². The minimum Gasteiger partial charge on any atom is -0.509 e. The van der Waals surface area contributed by atoms with E-state index in [1.807, 2.05) is 24.3 Å². The van der Waals surface area contributed by atoms with Crippen LogP contribution in [0.1, 0.15) is 63.8 Å². The summed E-state index contributed by atoms with van der Waals surface area (Å²) in [6.45, 7) is 18.4. The van der Waals surface area contributed by atoms with Gasteiger partial charge in [0.2, 0.25) is 0 Å². The Morgan fingerprint density at radius 3 is 1.34 bits per heavy atom. The monoisotopic (exact) mass is 871 g/mol. The summed E-state index contributed by atoms with van der Waals surface area (Å²) in [6, 6.07) is 51.1. The van der Waals surface area contributed by atoms with Crippen molar-refractivity contribution in [2.75, 3.05) is 19.6 Å². The zero-order valence-electron chi connectivity index (χ0n) is 30.7. The number of anilines is 6. The quantitative estimate of drug-likeness (QED) is 0.141. The van der Waals surface area contributed by atoms with Crippen molar-refractivity contribution in [3.8, 4) is 22.6 Å². The minimum absolute atomic E-state index is 0. The Labute approximate surface area is 327 Å². The average molecular weight is 872 g/mol. The van der Waals surface area contributed by atoms with Crippen LogP contribution in [0, 0.1) is 25.5 Å². The van der Waals surface area contributed by atoms with Crippen LogP contribution < -0.4 is 24.3 Å².